The van der Waals surface area contributed by atoms with Crippen LogP contribution in [0.4, 0.5) is 0 Å². The van der Waals surface area contributed by atoms with Crippen LogP contribution in [0.5, 0.6) is 23.0 Å². The summed E-state index contributed by atoms with van der Waals surface area (Å²) in [5.74, 6) is 1.41. The van der Waals surface area contributed by atoms with Gasteiger partial charge in [0.15, 0.2) is 0 Å². The van der Waals surface area contributed by atoms with E-state index in [0.29, 0.717) is 56.9 Å². The Morgan fingerprint density at radius 1 is 0.775 bits per heavy atom. The first kappa shape index (κ1) is 27.1. The third kappa shape index (κ3) is 4.43. The van der Waals surface area contributed by atoms with Crippen molar-refractivity contribution in [2.45, 2.75) is 32.1 Å². The summed E-state index contributed by atoms with van der Waals surface area (Å²) in [6, 6.07) is 9.78. The third-order valence-electron chi connectivity index (χ3n) is 7.72. The molecule has 2 aromatic carbocycles. The van der Waals surface area contributed by atoms with Crippen molar-refractivity contribution < 1.29 is 27.8 Å². The van der Waals surface area contributed by atoms with E-state index in [0.717, 1.165) is 16.7 Å². The lowest BCUT2D eigenvalue weighted by atomic mass is 9.65. The average Bonchev–Trinajstić information content (AvgIpc) is 2.94. The molecule has 0 saturated heterocycles. The van der Waals surface area contributed by atoms with Crippen molar-refractivity contribution in [3.63, 3.8) is 0 Å². The number of fused-ring (bicyclic) bond motifs is 2. The molecule has 2 heterocycles. The fourth-order valence-corrected chi connectivity index (χ4v) is 6.13. The zero-order valence-corrected chi connectivity index (χ0v) is 23.5. The number of ether oxygens (including phenoxy) is 4. The Labute approximate surface area is 231 Å². The molecule has 0 unspecified atom stereocenters. The molecule has 2 aromatic heterocycles. The molecule has 8 heteroatoms. The van der Waals surface area contributed by atoms with Crippen LogP contribution in [0.25, 0.3) is 21.9 Å². The normalized spacial score (nSPS) is 18.9. The molecule has 1 aliphatic carbocycles. The lowest BCUT2D eigenvalue weighted by Crippen LogP contribution is -2.26. The van der Waals surface area contributed by atoms with Crippen molar-refractivity contribution in [2.75, 3.05) is 28.4 Å². The van der Waals surface area contributed by atoms with E-state index in [9.17, 15) is 9.59 Å². The van der Waals surface area contributed by atoms with Crippen LogP contribution in [-0.4, -0.2) is 28.4 Å². The smallest absolute Gasteiger partial charge is 0.336 e. The van der Waals surface area contributed by atoms with Gasteiger partial charge in [-0.05, 0) is 38.3 Å². The van der Waals surface area contributed by atoms with E-state index in [4.69, 9.17) is 27.8 Å². The predicted octanol–water partition coefficient (Wildman–Crippen LogP) is 6.34. The van der Waals surface area contributed by atoms with E-state index in [-0.39, 0.29) is 17.8 Å². The Balaban J connectivity index is 1.84. The molecular weight excluding hydrogens is 512 g/mol. The second kappa shape index (κ2) is 10.6. The Bertz CT molecular complexity index is 1770. The van der Waals surface area contributed by atoms with Crippen molar-refractivity contribution in [3.8, 4) is 23.0 Å². The summed E-state index contributed by atoms with van der Waals surface area (Å²) in [5, 5.41) is 1.32. The number of allylic oxidation sites excluding steroid dienone is 3. The summed E-state index contributed by atoms with van der Waals surface area (Å²) in [7, 11) is 6.28. The van der Waals surface area contributed by atoms with Gasteiger partial charge in [-0.3, -0.25) is 0 Å². The van der Waals surface area contributed by atoms with Crippen LogP contribution in [-0.2, 0) is 0 Å². The highest BCUT2D eigenvalue weighted by Gasteiger charge is 2.40. The van der Waals surface area contributed by atoms with Crippen molar-refractivity contribution in [3.05, 3.63) is 92.2 Å². The van der Waals surface area contributed by atoms with Crippen molar-refractivity contribution >= 4 is 21.9 Å². The first-order valence-corrected chi connectivity index (χ1v) is 12.9. The van der Waals surface area contributed by atoms with Crippen LogP contribution >= 0.6 is 0 Å². The van der Waals surface area contributed by atoms with E-state index >= 15 is 0 Å². The van der Waals surface area contributed by atoms with E-state index in [1.807, 2.05) is 19.1 Å². The highest BCUT2D eigenvalue weighted by molar-refractivity contribution is 5.90. The predicted molar refractivity (Wildman–Crippen MR) is 153 cm³/mol. The lowest BCUT2D eigenvalue weighted by Gasteiger charge is -2.39. The first-order valence-electron chi connectivity index (χ1n) is 12.9. The SMILES string of the molecule is C=C(C)[C@@H]1[C@@H](c2c(OC)cc(OC)c3ccc(=O)oc23)C=C(C)C[C@H]1c1c(OC)cc(OC)c2ccc(=O)oc12. The molecule has 4 aromatic rings. The maximum Gasteiger partial charge on any atom is 0.336 e. The molecule has 0 spiro atoms. The summed E-state index contributed by atoms with van der Waals surface area (Å²) in [4.78, 5) is 24.9. The van der Waals surface area contributed by atoms with Gasteiger partial charge in [0.1, 0.15) is 34.2 Å². The van der Waals surface area contributed by atoms with Gasteiger partial charge in [-0.15, -0.1) is 0 Å². The summed E-state index contributed by atoms with van der Waals surface area (Å²) < 4.78 is 34.6. The van der Waals surface area contributed by atoms with Crippen molar-refractivity contribution in [1.82, 2.24) is 0 Å². The number of hydrogen-bond donors (Lipinski definition) is 0. The maximum atomic E-state index is 12.5. The minimum atomic E-state index is -0.478. The van der Waals surface area contributed by atoms with Crippen molar-refractivity contribution in [2.24, 2.45) is 5.92 Å². The third-order valence-corrected chi connectivity index (χ3v) is 7.72. The minimum absolute atomic E-state index is 0.210. The second-order valence-electron chi connectivity index (χ2n) is 10.1. The monoisotopic (exact) mass is 544 g/mol. The quantitative estimate of drug-likeness (QED) is 0.196. The first-order chi connectivity index (χ1) is 19.2. The fourth-order valence-electron chi connectivity index (χ4n) is 6.13. The van der Waals surface area contributed by atoms with Gasteiger partial charge >= 0.3 is 11.3 Å². The van der Waals surface area contributed by atoms with Crippen molar-refractivity contribution in [1.29, 1.82) is 0 Å². The number of rotatable bonds is 7. The topological polar surface area (TPSA) is 97.3 Å². The van der Waals surface area contributed by atoms with Crippen LogP contribution in [0.3, 0.4) is 0 Å². The van der Waals surface area contributed by atoms with Gasteiger partial charge in [-0.1, -0.05) is 23.8 Å². The molecule has 5 rings (SSSR count). The summed E-state index contributed by atoms with van der Waals surface area (Å²) in [5.41, 5.74) is 3.31. The van der Waals surface area contributed by atoms with Crippen LogP contribution in [0.15, 0.2) is 78.6 Å². The molecule has 0 bridgehead atoms. The summed E-state index contributed by atoms with van der Waals surface area (Å²) >= 11 is 0. The maximum absolute atomic E-state index is 12.5. The Kier molecular flexibility index (Phi) is 7.19. The molecule has 40 heavy (non-hydrogen) atoms. The molecule has 0 amide bonds. The Hall–Kier alpha value is -4.46. The minimum Gasteiger partial charge on any atom is -0.496 e. The molecule has 208 valence electrons. The van der Waals surface area contributed by atoms with Crippen LogP contribution < -0.4 is 30.2 Å². The molecular formula is C32H32O8. The summed E-state index contributed by atoms with van der Waals surface area (Å²) in [6.07, 6.45) is 2.83. The van der Waals surface area contributed by atoms with Gasteiger partial charge in [0, 0.05) is 47.2 Å². The summed E-state index contributed by atoms with van der Waals surface area (Å²) in [6.45, 7) is 8.41. The number of hydrogen-bond acceptors (Lipinski definition) is 8. The number of methoxy groups -OCH3 is 4. The number of benzene rings is 2. The fraction of sp³-hybridized carbons (Fsp3) is 0.312. The zero-order valence-electron chi connectivity index (χ0n) is 23.5. The molecule has 0 radical (unpaired) electrons. The van der Waals surface area contributed by atoms with Gasteiger partial charge < -0.3 is 27.8 Å². The largest absolute Gasteiger partial charge is 0.496 e. The second-order valence-corrected chi connectivity index (χ2v) is 10.1. The molecule has 0 fully saturated rings. The van der Waals surface area contributed by atoms with Gasteiger partial charge in [-0.25, -0.2) is 9.59 Å². The molecule has 3 atom stereocenters. The van der Waals surface area contributed by atoms with Crippen LogP contribution in [0.1, 0.15) is 43.2 Å². The van der Waals surface area contributed by atoms with E-state index in [1.54, 1.807) is 40.6 Å². The molecule has 8 nitrogen and oxygen atoms in total. The molecule has 0 aliphatic heterocycles. The Morgan fingerprint density at radius 3 is 1.73 bits per heavy atom. The molecule has 0 N–H and O–H groups in total. The van der Waals surface area contributed by atoms with Gasteiger partial charge in [0.05, 0.1) is 39.2 Å². The van der Waals surface area contributed by atoms with E-state index in [2.05, 4.69) is 19.6 Å². The highest BCUT2D eigenvalue weighted by atomic mass is 16.5. The van der Waals surface area contributed by atoms with Gasteiger partial charge in [0.25, 0.3) is 0 Å². The van der Waals surface area contributed by atoms with E-state index in [1.165, 1.54) is 12.1 Å². The Morgan fingerprint density at radius 2 is 1.25 bits per heavy atom. The lowest BCUT2D eigenvalue weighted by molar-refractivity contribution is 0.357. The highest BCUT2D eigenvalue weighted by Crippen LogP contribution is 2.55. The van der Waals surface area contributed by atoms with Gasteiger partial charge in [0.2, 0.25) is 0 Å². The van der Waals surface area contributed by atoms with E-state index < -0.39 is 11.3 Å². The molecule has 0 saturated carbocycles. The average molecular weight is 545 g/mol. The van der Waals surface area contributed by atoms with Crippen LogP contribution in [0.2, 0.25) is 0 Å². The van der Waals surface area contributed by atoms with Crippen LogP contribution in [0, 0.1) is 5.92 Å². The molecule has 1 aliphatic rings. The zero-order chi connectivity index (χ0) is 28.7. The van der Waals surface area contributed by atoms with Gasteiger partial charge in [-0.2, -0.15) is 0 Å². The standard InChI is InChI=1S/C32H32O8/c1-16(2)28-20(29-24(37-6)14-22(35-4)18-8-10-26(33)39-31(18)29)12-17(3)13-21(28)30-25(38-7)15-23(36-5)19-9-11-27(34)40-32(19)30/h8-12,14-15,20-21,28H,1,13H2,2-7H3/t20-,21+,28+/m0/s1.